The molecule has 0 aromatic heterocycles. The maximum atomic E-state index is 13.1. The number of likely N-dealkylation sites (tertiary alicyclic amines) is 1. The van der Waals surface area contributed by atoms with Crippen LogP contribution in [0.4, 0.5) is 0 Å². The lowest BCUT2D eigenvalue weighted by Gasteiger charge is -2.30. The van der Waals surface area contributed by atoms with E-state index in [4.69, 9.17) is 14.2 Å². The Morgan fingerprint density at radius 2 is 1.97 bits per heavy atom. The Hall–Kier alpha value is -2.09. The van der Waals surface area contributed by atoms with Crippen molar-refractivity contribution in [3.05, 3.63) is 47.5 Å². The SMILES string of the molecule is COc1ccc(CNS(=O)c2cc(C)ccc2OC2CCCN(C)C2)c(OC)c1. The molecule has 1 aliphatic rings. The first-order valence-electron chi connectivity index (χ1n) is 9.82. The van der Waals surface area contributed by atoms with Gasteiger partial charge in [-0.25, -0.2) is 8.93 Å². The number of aryl methyl sites for hydroxylation is 1. The number of nitrogens with one attached hydrogen (secondary N) is 1. The largest absolute Gasteiger partial charge is 0.497 e. The lowest BCUT2D eigenvalue weighted by atomic mass is 10.1. The van der Waals surface area contributed by atoms with Gasteiger partial charge in [-0.05, 0) is 57.1 Å². The zero-order valence-electron chi connectivity index (χ0n) is 17.6. The molecule has 1 heterocycles. The molecule has 3 rings (SSSR count). The second-order valence-corrected chi connectivity index (χ2v) is 8.63. The van der Waals surface area contributed by atoms with Crippen molar-refractivity contribution in [3.8, 4) is 17.2 Å². The summed E-state index contributed by atoms with van der Waals surface area (Å²) < 4.78 is 33.1. The van der Waals surface area contributed by atoms with Gasteiger partial charge in [0.25, 0.3) is 0 Å². The minimum atomic E-state index is -1.41. The van der Waals surface area contributed by atoms with Crippen LogP contribution in [-0.2, 0) is 17.5 Å². The van der Waals surface area contributed by atoms with Crippen molar-refractivity contribution in [1.29, 1.82) is 0 Å². The van der Waals surface area contributed by atoms with Crippen molar-refractivity contribution in [2.24, 2.45) is 0 Å². The van der Waals surface area contributed by atoms with Crippen LogP contribution >= 0.6 is 0 Å². The highest BCUT2D eigenvalue weighted by atomic mass is 32.2. The van der Waals surface area contributed by atoms with Gasteiger partial charge in [-0.15, -0.1) is 0 Å². The van der Waals surface area contributed by atoms with Crippen LogP contribution < -0.4 is 18.9 Å². The Bertz CT molecular complexity index is 859. The molecule has 29 heavy (non-hydrogen) atoms. The fourth-order valence-electron chi connectivity index (χ4n) is 3.47. The fraction of sp³-hybridized carbons (Fsp3) is 0.455. The molecule has 0 bridgehead atoms. The summed E-state index contributed by atoms with van der Waals surface area (Å²) in [6, 6.07) is 11.4. The van der Waals surface area contributed by atoms with E-state index < -0.39 is 11.0 Å². The molecule has 2 unspecified atom stereocenters. The van der Waals surface area contributed by atoms with Crippen molar-refractivity contribution in [1.82, 2.24) is 9.62 Å². The van der Waals surface area contributed by atoms with Crippen molar-refractivity contribution in [2.45, 2.75) is 37.3 Å². The minimum absolute atomic E-state index is 0.119. The summed E-state index contributed by atoms with van der Waals surface area (Å²) in [5.74, 6) is 2.10. The molecule has 1 saturated heterocycles. The van der Waals surface area contributed by atoms with Gasteiger partial charge in [-0.1, -0.05) is 12.1 Å². The molecule has 2 aromatic carbocycles. The van der Waals surface area contributed by atoms with Gasteiger partial charge in [0, 0.05) is 24.7 Å². The summed E-state index contributed by atoms with van der Waals surface area (Å²) in [5.41, 5.74) is 1.95. The minimum Gasteiger partial charge on any atom is -0.497 e. The summed E-state index contributed by atoms with van der Waals surface area (Å²) in [6.07, 6.45) is 2.25. The van der Waals surface area contributed by atoms with Crippen LogP contribution in [0.3, 0.4) is 0 Å². The topological polar surface area (TPSA) is 60.0 Å². The van der Waals surface area contributed by atoms with Gasteiger partial charge >= 0.3 is 0 Å². The Balaban J connectivity index is 1.72. The average Bonchev–Trinajstić information content (AvgIpc) is 2.73. The summed E-state index contributed by atoms with van der Waals surface area (Å²) in [6.45, 7) is 4.37. The van der Waals surface area contributed by atoms with E-state index in [1.807, 2.05) is 43.3 Å². The molecule has 158 valence electrons. The first kappa shape index (κ1) is 21.6. The number of benzene rings is 2. The van der Waals surface area contributed by atoms with Gasteiger partial charge in [0.1, 0.15) is 34.3 Å². The van der Waals surface area contributed by atoms with Crippen molar-refractivity contribution in [3.63, 3.8) is 0 Å². The van der Waals surface area contributed by atoms with Gasteiger partial charge < -0.3 is 19.1 Å². The summed E-state index contributed by atoms with van der Waals surface area (Å²) in [4.78, 5) is 2.94. The highest BCUT2D eigenvalue weighted by molar-refractivity contribution is 7.83. The second-order valence-electron chi connectivity index (χ2n) is 7.36. The number of likely N-dealkylation sites (N-methyl/N-ethyl adjacent to an activating group) is 1. The molecule has 1 fully saturated rings. The lowest BCUT2D eigenvalue weighted by Crippen LogP contribution is -2.38. The van der Waals surface area contributed by atoms with E-state index in [0.29, 0.717) is 22.9 Å². The second kappa shape index (κ2) is 10.1. The Morgan fingerprint density at radius 3 is 2.69 bits per heavy atom. The molecule has 0 spiro atoms. The standard InChI is InChI=1S/C22H30N2O4S/c1-16-7-10-20(28-19-6-5-11-24(2)15-19)22(12-16)29(25)23-14-17-8-9-18(26-3)13-21(17)27-4/h7-10,12-13,19,23H,5-6,11,14-15H2,1-4H3. The number of methoxy groups -OCH3 is 2. The van der Waals surface area contributed by atoms with Gasteiger partial charge in [0.05, 0.1) is 19.1 Å². The van der Waals surface area contributed by atoms with Crippen LogP contribution in [0.25, 0.3) is 0 Å². The first-order chi connectivity index (χ1) is 14.0. The number of hydrogen-bond acceptors (Lipinski definition) is 5. The van der Waals surface area contributed by atoms with E-state index in [9.17, 15) is 4.21 Å². The van der Waals surface area contributed by atoms with Crippen LogP contribution in [-0.4, -0.2) is 49.6 Å². The van der Waals surface area contributed by atoms with Crippen LogP contribution in [0.15, 0.2) is 41.3 Å². The molecule has 0 radical (unpaired) electrons. The van der Waals surface area contributed by atoms with Gasteiger partial charge in [0.2, 0.25) is 0 Å². The molecule has 1 aliphatic heterocycles. The molecule has 0 amide bonds. The van der Waals surface area contributed by atoms with E-state index >= 15 is 0 Å². The third-order valence-electron chi connectivity index (χ3n) is 5.06. The molecular formula is C22H30N2O4S. The molecule has 0 aliphatic carbocycles. The molecule has 6 nitrogen and oxygen atoms in total. The van der Waals surface area contributed by atoms with E-state index in [-0.39, 0.29) is 6.10 Å². The van der Waals surface area contributed by atoms with Crippen LogP contribution in [0.5, 0.6) is 17.2 Å². The zero-order chi connectivity index (χ0) is 20.8. The quantitative estimate of drug-likeness (QED) is 0.713. The van der Waals surface area contributed by atoms with E-state index in [1.54, 1.807) is 14.2 Å². The van der Waals surface area contributed by atoms with E-state index in [2.05, 4.69) is 16.7 Å². The number of ether oxygens (including phenoxy) is 3. The number of piperidine rings is 1. The molecule has 2 aromatic rings. The van der Waals surface area contributed by atoms with Crippen LogP contribution in [0.2, 0.25) is 0 Å². The molecular weight excluding hydrogens is 388 g/mol. The fourth-order valence-corrected chi connectivity index (χ4v) is 4.51. The summed E-state index contributed by atoms with van der Waals surface area (Å²) in [5, 5.41) is 0. The highest BCUT2D eigenvalue weighted by Gasteiger charge is 2.21. The van der Waals surface area contributed by atoms with Crippen LogP contribution in [0, 0.1) is 6.92 Å². The summed E-state index contributed by atoms with van der Waals surface area (Å²) >= 11 is 0. The van der Waals surface area contributed by atoms with E-state index in [0.717, 1.165) is 42.8 Å². The molecule has 7 heteroatoms. The Morgan fingerprint density at radius 1 is 1.14 bits per heavy atom. The normalized spacial score (nSPS) is 18.3. The van der Waals surface area contributed by atoms with Crippen LogP contribution in [0.1, 0.15) is 24.0 Å². The monoisotopic (exact) mass is 418 g/mol. The highest BCUT2D eigenvalue weighted by Crippen LogP contribution is 2.28. The molecule has 2 atom stereocenters. The number of hydrogen-bond donors (Lipinski definition) is 1. The van der Waals surface area contributed by atoms with Crippen molar-refractivity contribution >= 4 is 11.0 Å². The maximum absolute atomic E-state index is 13.1. The zero-order valence-corrected chi connectivity index (χ0v) is 18.4. The summed E-state index contributed by atoms with van der Waals surface area (Å²) in [7, 11) is 3.92. The third-order valence-corrected chi connectivity index (χ3v) is 6.19. The van der Waals surface area contributed by atoms with Gasteiger partial charge in [0.15, 0.2) is 0 Å². The number of nitrogens with zero attached hydrogens (tertiary/aromatic N) is 1. The smallest absolute Gasteiger partial charge is 0.137 e. The van der Waals surface area contributed by atoms with Gasteiger partial charge in [-0.3, -0.25) is 0 Å². The van der Waals surface area contributed by atoms with E-state index in [1.165, 1.54) is 0 Å². The van der Waals surface area contributed by atoms with Crippen molar-refractivity contribution in [2.75, 3.05) is 34.4 Å². The average molecular weight is 419 g/mol. The maximum Gasteiger partial charge on any atom is 0.137 e. The predicted octanol–water partition coefficient (Wildman–Crippen LogP) is 3.30. The first-order valence-corrected chi connectivity index (χ1v) is 11.0. The number of rotatable bonds is 8. The predicted molar refractivity (Wildman–Crippen MR) is 115 cm³/mol. The Kier molecular flexibility index (Phi) is 7.52. The molecule has 0 saturated carbocycles. The Labute approximate surface area is 175 Å². The third kappa shape index (κ3) is 5.72. The lowest BCUT2D eigenvalue weighted by molar-refractivity contribution is 0.102. The molecule has 1 N–H and O–H groups in total. The van der Waals surface area contributed by atoms with Crippen molar-refractivity contribution < 1.29 is 18.4 Å². The van der Waals surface area contributed by atoms with Gasteiger partial charge in [-0.2, -0.15) is 0 Å².